The maximum Gasteiger partial charge on any atom is 0.296 e. The maximum absolute atomic E-state index is 13.0. The van der Waals surface area contributed by atoms with Gasteiger partial charge in [0.05, 0.1) is 5.56 Å². The zero-order valence-electron chi connectivity index (χ0n) is 16.9. The molecule has 0 bridgehead atoms. The molecule has 0 saturated heterocycles. The molecule has 0 fully saturated rings. The molecular formula is C25H18N2O5. The normalized spacial score (nSPS) is 12.4. The van der Waals surface area contributed by atoms with E-state index in [-0.39, 0.29) is 5.78 Å². The van der Waals surface area contributed by atoms with Crippen molar-refractivity contribution in [2.75, 3.05) is 18.5 Å². The molecule has 1 amide bonds. The number of hydrogen-bond acceptors (Lipinski definition) is 5. The number of aromatic nitrogens is 1. The van der Waals surface area contributed by atoms with Gasteiger partial charge in [-0.25, -0.2) is 0 Å². The molecule has 0 spiro atoms. The summed E-state index contributed by atoms with van der Waals surface area (Å²) < 4.78 is 11.0. The van der Waals surface area contributed by atoms with E-state index in [9.17, 15) is 14.4 Å². The fourth-order valence-electron chi connectivity index (χ4n) is 3.66. The molecule has 1 aliphatic rings. The number of ether oxygens (including phenoxy) is 2. The molecular weight excluding hydrogens is 408 g/mol. The Kier molecular flexibility index (Phi) is 4.91. The Morgan fingerprint density at radius 1 is 0.812 bits per heavy atom. The van der Waals surface area contributed by atoms with Crippen LogP contribution in [0.5, 0.6) is 11.5 Å². The summed E-state index contributed by atoms with van der Waals surface area (Å²) in [6, 6.07) is 18.7. The summed E-state index contributed by atoms with van der Waals surface area (Å²) in [5, 5.41) is 3.27. The standard InChI is InChI=1S/C25H18N2O5/c28-23(16-8-9-21-22(13-16)32-11-10-31-21)15-4-3-5-17(12-15)27-25(30)24(29)19-14-26-20-7-2-1-6-18(19)20/h1-9,12-14,26H,10-11H2,(H,27,30). The number of H-pyrrole nitrogens is 1. The number of fused-ring (bicyclic) bond motifs is 2. The predicted octanol–water partition coefficient (Wildman–Crippen LogP) is 3.99. The van der Waals surface area contributed by atoms with Gasteiger partial charge in [-0.15, -0.1) is 0 Å². The third kappa shape index (κ3) is 3.60. The average molecular weight is 426 g/mol. The number of rotatable bonds is 5. The molecule has 5 rings (SSSR count). The van der Waals surface area contributed by atoms with Crippen molar-refractivity contribution in [2.45, 2.75) is 0 Å². The van der Waals surface area contributed by atoms with E-state index in [0.29, 0.717) is 52.5 Å². The second-order valence-electron chi connectivity index (χ2n) is 7.30. The second-order valence-corrected chi connectivity index (χ2v) is 7.30. The first-order chi connectivity index (χ1) is 15.6. The van der Waals surface area contributed by atoms with Gasteiger partial charge in [-0.2, -0.15) is 0 Å². The van der Waals surface area contributed by atoms with Crippen LogP contribution in [0, 0.1) is 0 Å². The highest BCUT2D eigenvalue weighted by Gasteiger charge is 2.21. The molecule has 0 atom stereocenters. The number of benzene rings is 3. The summed E-state index contributed by atoms with van der Waals surface area (Å²) in [5.41, 5.74) is 2.23. The molecule has 1 aliphatic heterocycles. The second kappa shape index (κ2) is 8.03. The van der Waals surface area contributed by atoms with Gasteiger partial charge >= 0.3 is 0 Å². The molecule has 3 aromatic carbocycles. The molecule has 7 heteroatoms. The van der Waals surface area contributed by atoms with E-state index in [1.807, 2.05) is 12.1 Å². The fraction of sp³-hybridized carbons (Fsp3) is 0.0800. The van der Waals surface area contributed by atoms with Crippen LogP contribution in [0.25, 0.3) is 10.9 Å². The number of aromatic amines is 1. The number of amides is 1. The SMILES string of the molecule is O=C(Nc1cccc(C(=O)c2ccc3c(c2)OCCO3)c1)C(=O)c1c[nH]c2ccccc12. The molecule has 0 aliphatic carbocycles. The van der Waals surface area contributed by atoms with Gasteiger partial charge in [-0.3, -0.25) is 14.4 Å². The minimum atomic E-state index is -0.779. The maximum atomic E-state index is 13.0. The number of carbonyl (C=O) groups is 3. The van der Waals surface area contributed by atoms with Gasteiger partial charge in [0.25, 0.3) is 11.7 Å². The largest absolute Gasteiger partial charge is 0.486 e. The molecule has 0 radical (unpaired) electrons. The molecule has 7 nitrogen and oxygen atoms in total. The van der Waals surface area contributed by atoms with E-state index < -0.39 is 11.7 Å². The number of Topliss-reactive ketones (excluding diaryl/α,β-unsaturated/α-hetero) is 1. The summed E-state index contributed by atoms with van der Waals surface area (Å²) in [4.78, 5) is 41.2. The predicted molar refractivity (Wildman–Crippen MR) is 119 cm³/mol. The first-order valence-electron chi connectivity index (χ1n) is 10.1. The fourth-order valence-corrected chi connectivity index (χ4v) is 3.66. The van der Waals surface area contributed by atoms with Crippen molar-refractivity contribution in [3.05, 3.63) is 89.6 Å². The number of para-hydroxylation sites is 1. The molecule has 0 saturated carbocycles. The van der Waals surface area contributed by atoms with Crippen LogP contribution in [0.1, 0.15) is 26.3 Å². The highest BCUT2D eigenvalue weighted by Crippen LogP contribution is 2.31. The molecule has 4 aromatic rings. The Morgan fingerprint density at radius 3 is 2.47 bits per heavy atom. The van der Waals surface area contributed by atoms with Crippen molar-refractivity contribution < 1.29 is 23.9 Å². The third-order valence-corrected chi connectivity index (χ3v) is 5.23. The zero-order valence-corrected chi connectivity index (χ0v) is 16.9. The number of hydrogen-bond donors (Lipinski definition) is 2. The van der Waals surface area contributed by atoms with Crippen LogP contribution < -0.4 is 14.8 Å². The van der Waals surface area contributed by atoms with E-state index in [4.69, 9.17) is 9.47 Å². The summed E-state index contributed by atoms with van der Waals surface area (Å²) in [5.74, 6) is -0.550. The lowest BCUT2D eigenvalue weighted by Crippen LogP contribution is -2.22. The quantitative estimate of drug-likeness (QED) is 0.371. The Bertz CT molecular complexity index is 1370. The summed E-state index contributed by atoms with van der Waals surface area (Å²) in [6.07, 6.45) is 1.52. The van der Waals surface area contributed by atoms with E-state index >= 15 is 0 Å². The molecule has 0 unspecified atom stereocenters. The minimum Gasteiger partial charge on any atom is -0.486 e. The zero-order chi connectivity index (χ0) is 22.1. The van der Waals surface area contributed by atoms with E-state index in [1.54, 1.807) is 54.6 Å². The minimum absolute atomic E-state index is 0.235. The number of nitrogens with one attached hydrogen (secondary N) is 2. The van der Waals surface area contributed by atoms with Crippen LogP contribution in [-0.2, 0) is 4.79 Å². The Morgan fingerprint density at radius 2 is 1.59 bits per heavy atom. The van der Waals surface area contributed by atoms with Crippen molar-refractivity contribution in [1.82, 2.24) is 4.98 Å². The molecule has 2 heterocycles. The van der Waals surface area contributed by atoms with Crippen LogP contribution in [-0.4, -0.2) is 35.7 Å². The lowest BCUT2D eigenvalue weighted by atomic mass is 10.0. The van der Waals surface area contributed by atoms with Crippen LogP contribution in [0.3, 0.4) is 0 Å². The van der Waals surface area contributed by atoms with E-state index in [2.05, 4.69) is 10.3 Å². The van der Waals surface area contributed by atoms with Crippen molar-refractivity contribution in [3.8, 4) is 11.5 Å². The van der Waals surface area contributed by atoms with Crippen molar-refractivity contribution in [3.63, 3.8) is 0 Å². The van der Waals surface area contributed by atoms with Gasteiger partial charge < -0.3 is 19.8 Å². The lowest BCUT2D eigenvalue weighted by Gasteiger charge is -2.18. The van der Waals surface area contributed by atoms with Gasteiger partial charge in [0, 0.05) is 33.9 Å². The summed E-state index contributed by atoms with van der Waals surface area (Å²) in [6.45, 7) is 0.899. The van der Waals surface area contributed by atoms with E-state index in [0.717, 1.165) is 5.52 Å². The van der Waals surface area contributed by atoms with Gasteiger partial charge in [-0.05, 0) is 36.4 Å². The number of ketones is 2. The highest BCUT2D eigenvalue weighted by molar-refractivity contribution is 6.48. The Hall–Kier alpha value is -4.39. The van der Waals surface area contributed by atoms with Crippen LogP contribution in [0.15, 0.2) is 72.9 Å². The van der Waals surface area contributed by atoms with Crippen LogP contribution in [0.4, 0.5) is 5.69 Å². The lowest BCUT2D eigenvalue weighted by molar-refractivity contribution is -0.112. The molecule has 158 valence electrons. The highest BCUT2D eigenvalue weighted by atomic mass is 16.6. The number of carbonyl (C=O) groups excluding carboxylic acids is 3. The van der Waals surface area contributed by atoms with Gasteiger partial charge in [-0.1, -0.05) is 30.3 Å². The summed E-state index contributed by atoms with van der Waals surface area (Å²) >= 11 is 0. The monoisotopic (exact) mass is 426 g/mol. The third-order valence-electron chi connectivity index (χ3n) is 5.23. The van der Waals surface area contributed by atoms with E-state index in [1.165, 1.54) is 6.20 Å². The van der Waals surface area contributed by atoms with Gasteiger partial charge in [0.15, 0.2) is 17.3 Å². The number of anilines is 1. The van der Waals surface area contributed by atoms with Crippen molar-refractivity contribution >= 4 is 34.1 Å². The molecule has 1 aromatic heterocycles. The smallest absolute Gasteiger partial charge is 0.296 e. The van der Waals surface area contributed by atoms with Gasteiger partial charge in [0.1, 0.15) is 13.2 Å². The molecule has 32 heavy (non-hydrogen) atoms. The first-order valence-corrected chi connectivity index (χ1v) is 10.1. The summed E-state index contributed by atoms with van der Waals surface area (Å²) in [7, 11) is 0. The molecule has 2 N–H and O–H groups in total. The van der Waals surface area contributed by atoms with Gasteiger partial charge in [0.2, 0.25) is 0 Å². The first kappa shape index (κ1) is 19.6. The van der Waals surface area contributed by atoms with Crippen molar-refractivity contribution in [2.24, 2.45) is 0 Å². The Balaban J connectivity index is 1.35. The average Bonchev–Trinajstić information content (AvgIpc) is 3.27. The Labute approximate surface area is 183 Å². The van der Waals surface area contributed by atoms with Crippen LogP contribution >= 0.6 is 0 Å². The topological polar surface area (TPSA) is 97.5 Å². The van der Waals surface area contributed by atoms with Crippen LogP contribution in [0.2, 0.25) is 0 Å². The van der Waals surface area contributed by atoms with Crippen molar-refractivity contribution in [1.29, 1.82) is 0 Å².